The number of likely N-dealkylation sites (N-methyl/N-ethyl adjacent to an activating group) is 1. The molecule has 17 heavy (non-hydrogen) atoms. The Hall–Kier alpha value is -1.80. The third-order valence-corrected chi connectivity index (χ3v) is 3.30. The predicted molar refractivity (Wildman–Crippen MR) is 72.9 cm³/mol. The number of benzene rings is 2. The summed E-state index contributed by atoms with van der Waals surface area (Å²) in [6.07, 6.45) is 4.31. The van der Waals surface area contributed by atoms with Gasteiger partial charge in [-0.05, 0) is 35.4 Å². The Labute approximate surface area is 102 Å². The molecule has 0 fully saturated rings. The van der Waals surface area contributed by atoms with Crippen molar-refractivity contribution in [1.29, 1.82) is 0 Å². The van der Waals surface area contributed by atoms with Gasteiger partial charge in [0.15, 0.2) is 0 Å². The standard InChI is InChI=1S/C15H16N2/c1-12-10-13-6-3-4-7-14(13)11-15(12)17-9-5-8-16(17)2/h3-7,9-11H,8H2,1-2H3. The molecule has 2 aromatic rings. The van der Waals surface area contributed by atoms with Crippen molar-refractivity contribution in [3.8, 4) is 0 Å². The van der Waals surface area contributed by atoms with E-state index in [4.69, 9.17) is 0 Å². The number of anilines is 1. The molecule has 0 saturated carbocycles. The van der Waals surface area contributed by atoms with Gasteiger partial charge in [0.25, 0.3) is 0 Å². The van der Waals surface area contributed by atoms with Gasteiger partial charge in [-0.15, -0.1) is 0 Å². The Balaban J connectivity index is 2.16. The van der Waals surface area contributed by atoms with Crippen LogP contribution in [0, 0.1) is 6.92 Å². The lowest BCUT2D eigenvalue weighted by Gasteiger charge is -2.27. The van der Waals surface area contributed by atoms with Crippen LogP contribution >= 0.6 is 0 Å². The van der Waals surface area contributed by atoms with Crippen LogP contribution in [0.25, 0.3) is 10.8 Å². The highest BCUT2D eigenvalue weighted by molar-refractivity contribution is 5.87. The van der Waals surface area contributed by atoms with Gasteiger partial charge >= 0.3 is 0 Å². The Morgan fingerprint density at radius 2 is 1.76 bits per heavy atom. The van der Waals surface area contributed by atoms with Crippen LogP contribution < -0.4 is 5.01 Å². The molecule has 0 aliphatic carbocycles. The van der Waals surface area contributed by atoms with Crippen molar-refractivity contribution < 1.29 is 0 Å². The number of nitrogens with zero attached hydrogens (tertiary/aromatic N) is 2. The van der Waals surface area contributed by atoms with E-state index in [-0.39, 0.29) is 0 Å². The van der Waals surface area contributed by atoms with Crippen molar-refractivity contribution in [2.75, 3.05) is 18.6 Å². The normalized spacial score (nSPS) is 16.0. The molecule has 0 N–H and O–H groups in total. The molecule has 0 amide bonds. The molecule has 0 saturated heterocycles. The minimum absolute atomic E-state index is 0.978. The van der Waals surface area contributed by atoms with E-state index in [1.807, 2.05) is 0 Å². The van der Waals surface area contributed by atoms with Gasteiger partial charge < -0.3 is 0 Å². The van der Waals surface area contributed by atoms with Gasteiger partial charge in [-0.25, -0.2) is 5.01 Å². The van der Waals surface area contributed by atoms with E-state index in [1.54, 1.807) is 0 Å². The van der Waals surface area contributed by atoms with Crippen molar-refractivity contribution >= 4 is 16.5 Å². The number of fused-ring (bicyclic) bond motifs is 1. The topological polar surface area (TPSA) is 6.48 Å². The molecular formula is C15H16N2. The Kier molecular flexibility index (Phi) is 2.37. The lowest BCUT2D eigenvalue weighted by Crippen LogP contribution is -2.31. The number of hydrazine groups is 1. The summed E-state index contributed by atoms with van der Waals surface area (Å²) in [4.78, 5) is 0. The van der Waals surface area contributed by atoms with E-state index in [0.29, 0.717) is 0 Å². The average Bonchev–Trinajstić information content (AvgIpc) is 2.74. The van der Waals surface area contributed by atoms with Crippen LogP contribution in [-0.4, -0.2) is 18.6 Å². The summed E-state index contributed by atoms with van der Waals surface area (Å²) in [7, 11) is 2.11. The van der Waals surface area contributed by atoms with Gasteiger partial charge in [0.05, 0.1) is 5.69 Å². The Morgan fingerprint density at radius 1 is 1.06 bits per heavy atom. The highest BCUT2D eigenvalue weighted by Gasteiger charge is 2.15. The van der Waals surface area contributed by atoms with Gasteiger partial charge in [-0.2, -0.15) is 0 Å². The number of hydrogen-bond donors (Lipinski definition) is 0. The maximum absolute atomic E-state index is 2.26. The molecule has 0 atom stereocenters. The molecule has 2 nitrogen and oxygen atoms in total. The second kappa shape index (κ2) is 3.90. The molecule has 0 aromatic heterocycles. The zero-order valence-electron chi connectivity index (χ0n) is 10.2. The fourth-order valence-electron chi connectivity index (χ4n) is 2.35. The van der Waals surface area contributed by atoms with Crippen molar-refractivity contribution in [3.05, 3.63) is 54.2 Å². The maximum atomic E-state index is 2.26. The number of aryl methyl sites for hydroxylation is 1. The summed E-state index contributed by atoms with van der Waals surface area (Å²) in [6, 6.07) is 13.0. The molecule has 0 radical (unpaired) electrons. The molecular weight excluding hydrogens is 208 g/mol. The molecule has 1 aliphatic rings. The zero-order chi connectivity index (χ0) is 11.8. The lowest BCUT2D eigenvalue weighted by atomic mass is 10.1. The largest absolute Gasteiger partial charge is 0.282 e. The highest BCUT2D eigenvalue weighted by Crippen LogP contribution is 2.28. The minimum Gasteiger partial charge on any atom is -0.282 e. The van der Waals surface area contributed by atoms with Crippen molar-refractivity contribution in [2.45, 2.75) is 6.92 Å². The van der Waals surface area contributed by atoms with E-state index in [0.717, 1.165) is 6.54 Å². The van der Waals surface area contributed by atoms with Gasteiger partial charge in [-0.1, -0.05) is 30.3 Å². The second-order valence-electron chi connectivity index (χ2n) is 4.56. The van der Waals surface area contributed by atoms with Crippen LogP contribution in [0.3, 0.4) is 0 Å². The van der Waals surface area contributed by atoms with Crippen LogP contribution in [-0.2, 0) is 0 Å². The third kappa shape index (κ3) is 1.71. The van der Waals surface area contributed by atoms with Crippen LogP contribution in [0.1, 0.15) is 5.56 Å². The fraction of sp³-hybridized carbons (Fsp3) is 0.200. The van der Waals surface area contributed by atoms with Crippen molar-refractivity contribution in [1.82, 2.24) is 5.01 Å². The van der Waals surface area contributed by atoms with Crippen molar-refractivity contribution in [2.24, 2.45) is 0 Å². The summed E-state index contributed by atoms with van der Waals surface area (Å²) >= 11 is 0. The monoisotopic (exact) mass is 224 g/mol. The predicted octanol–water partition coefficient (Wildman–Crippen LogP) is 3.33. The van der Waals surface area contributed by atoms with E-state index in [1.165, 1.54) is 22.0 Å². The quantitative estimate of drug-likeness (QED) is 0.733. The number of hydrogen-bond acceptors (Lipinski definition) is 2. The minimum atomic E-state index is 0.978. The first-order chi connectivity index (χ1) is 8.25. The maximum Gasteiger partial charge on any atom is 0.0608 e. The highest BCUT2D eigenvalue weighted by atomic mass is 15.6. The SMILES string of the molecule is Cc1cc2ccccc2cc1N1C=CCN1C. The second-order valence-corrected chi connectivity index (χ2v) is 4.56. The van der Waals surface area contributed by atoms with E-state index >= 15 is 0 Å². The zero-order valence-corrected chi connectivity index (χ0v) is 10.2. The first-order valence-corrected chi connectivity index (χ1v) is 5.92. The van der Waals surface area contributed by atoms with Gasteiger partial charge in [0.2, 0.25) is 0 Å². The summed E-state index contributed by atoms with van der Waals surface area (Å²) in [5, 5.41) is 7.01. The first kappa shape index (κ1) is 10.4. The molecule has 1 aliphatic heterocycles. The lowest BCUT2D eigenvalue weighted by molar-refractivity contribution is 0.396. The Bertz CT molecular complexity index is 586. The molecule has 1 heterocycles. The van der Waals surface area contributed by atoms with Crippen LogP contribution in [0.15, 0.2) is 48.7 Å². The molecule has 2 aromatic carbocycles. The molecule has 0 unspecified atom stereocenters. The molecule has 0 bridgehead atoms. The number of rotatable bonds is 1. The smallest absolute Gasteiger partial charge is 0.0608 e. The van der Waals surface area contributed by atoms with Crippen LogP contribution in [0.4, 0.5) is 5.69 Å². The fourth-order valence-corrected chi connectivity index (χ4v) is 2.35. The summed E-state index contributed by atoms with van der Waals surface area (Å²) < 4.78 is 0. The van der Waals surface area contributed by atoms with Crippen LogP contribution in [0.2, 0.25) is 0 Å². The van der Waals surface area contributed by atoms with Gasteiger partial charge in [0.1, 0.15) is 0 Å². The Morgan fingerprint density at radius 3 is 2.41 bits per heavy atom. The van der Waals surface area contributed by atoms with Crippen molar-refractivity contribution in [3.63, 3.8) is 0 Å². The molecule has 86 valence electrons. The van der Waals surface area contributed by atoms with Gasteiger partial charge in [-0.3, -0.25) is 5.01 Å². The average molecular weight is 224 g/mol. The summed E-state index contributed by atoms with van der Waals surface area (Å²) in [5.74, 6) is 0. The summed E-state index contributed by atoms with van der Waals surface area (Å²) in [6.45, 7) is 3.15. The summed E-state index contributed by atoms with van der Waals surface area (Å²) in [5.41, 5.74) is 2.57. The van der Waals surface area contributed by atoms with E-state index < -0.39 is 0 Å². The first-order valence-electron chi connectivity index (χ1n) is 5.92. The molecule has 3 rings (SSSR count). The van der Waals surface area contributed by atoms with E-state index in [2.05, 4.69) is 72.7 Å². The third-order valence-electron chi connectivity index (χ3n) is 3.30. The van der Waals surface area contributed by atoms with Gasteiger partial charge in [0, 0.05) is 19.8 Å². The van der Waals surface area contributed by atoms with E-state index in [9.17, 15) is 0 Å². The molecule has 0 spiro atoms. The van der Waals surface area contributed by atoms with Crippen LogP contribution in [0.5, 0.6) is 0 Å². The molecule has 2 heteroatoms.